The number of hydrogen-bond acceptors (Lipinski definition) is 3. The molecule has 3 N–H and O–H groups in total. The average Bonchev–Trinajstić information content (AvgIpc) is 2.75. The molecule has 3 heteroatoms. The van der Waals surface area contributed by atoms with E-state index in [-0.39, 0.29) is 0 Å². The van der Waals surface area contributed by atoms with E-state index < -0.39 is 0 Å². The Morgan fingerprint density at radius 1 is 1.31 bits per heavy atom. The molecule has 16 heavy (non-hydrogen) atoms. The first kappa shape index (κ1) is 11.6. The van der Waals surface area contributed by atoms with Crippen LogP contribution in [-0.4, -0.2) is 37.1 Å². The SMILES string of the molecule is NCCNC1CCN(Cc2ccccc2)C1. The summed E-state index contributed by atoms with van der Waals surface area (Å²) in [6, 6.07) is 11.3. The summed E-state index contributed by atoms with van der Waals surface area (Å²) in [6.45, 7) is 5.08. The smallest absolute Gasteiger partial charge is 0.0234 e. The van der Waals surface area contributed by atoms with Gasteiger partial charge in [-0.3, -0.25) is 4.90 Å². The van der Waals surface area contributed by atoms with Crippen molar-refractivity contribution < 1.29 is 0 Å². The molecule has 1 aromatic carbocycles. The summed E-state index contributed by atoms with van der Waals surface area (Å²) in [6.07, 6.45) is 1.24. The highest BCUT2D eigenvalue weighted by Gasteiger charge is 2.21. The lowest BCUT2D eigenvalue weighted by atomic mass is 10.2. The molecule has 1 aliphatic heterocycles. The lowest BCUT2D eigenvalue weighted by Crippen LogP contribution is -2.35. The molecule has 3 nitrogen and oxygen atoms in total. The Morgan fingerprint density at radius 2 is 2.12 bits per heavy atom. The lowest BCUT2D eigenvalue weighted by molar-refractivity contribution is 0.320. The predicted molar refractivity (Wildman–Crippen MR) is 67.2 cm³/mol. The minimum Gasteiger partial charge on any atom is -0.329 e. The molecule has 1 heterocycles. The van der Waals surface area contributed by atoms with Crippen molar-refractivity contribution in [3.8, 4) is 0 Å². The van der Waals surface area contributed by atoms with Crippen molar-refractivity contribution in [1.82, 2.24) is 10.2 Å². The van der Waals surface area contributed by atoms with Crippen LogP contribution in [0.4, 0.5) is 0 Å². The minimum absolute atomic E-state index is 0.632. The molecule has 0 radical (unpaired) electrons. The maximum Gasteiger partial charge on any atom is 0.0234 e. The number of nitrogens with two attached hydrogens (primary N) is 1. The van der Waals surface area contributed by atoms with Crippen molar-refractivity contribution in [1.29, 1.82) is 0 Å². The van der Waals surface area contributed by atoms with Crippen LogP contribution in [0.5, 0.6) is 0 Å². The number of likely N-dealkylation sites (tertiary alicyclic amines) is 1. The summed E-state index contributed by atoms with van der Waals surface area (Å²) < 4.78 is 0. The lowest BCUT2D eigenvalue weighted by Gasteiger charge is -2.16. The van der Waals surface area contributed by atoms with E-state index in [1.165, 1.54) is 18.5 Å². The molecule has 0 amide bonds. The van der Waals surface area contributed by atoms with E-state index in [2.05, 4.69) is 40.5 Å². The Morgan fingerprint density at radius 3 is 2.88 bits per heavy atom. The third kappa shape index (κ3) is 3.30. The highest BCUT2D eigenvalue weighted by Crippen LogP contribution is 2.12. The molecule has 0 aromatic heterocycles. The Kier molecular flexibility index (Phi) is 4.34. The van der Waals surface area contributed by atoms with Crippen LogP contribution in [-0.2, 0) is 6.54 Å². The number of benzene rings is 1. The fourth-order valence-corrected chi connectivity index (χ4v) is 2.27. The van der Waals surface area contributed by atoms with Crippen LogP contribution in [0, 0.1) is 0 Å². The van der Waals surface area contributed by atoms with Crippen molar-refractivity contribution >= 4 is 0 Å². The van der Waals surface area contributed by atoms with Gasteiger partial charge in [0.05, 0.1) is 0 Å². The zero-order valence-electron chi connectivity index (χ0n) is 9.73. The zero-order chi connectivity index (χ0) is 11.2. The highest BCUT2D eigenvalue weighted by molar-refractivity contribution is 5.14. The first-order chi connectivity index (χ1) is 7.88. The zero-order valence-corrected chi connectivity index (χ0v) is 9.73. The average molecular weight is 219 g/mol. The van der Waals surface area contributed by atoms with Gasteiger partial charge in [-0.1, -0.05) is 30.3 Å². The van der Waals surface area contributed by atoms with Crippen molar-refractivity contribution in [2.45, 2.75) is 19.0 Å². The fraction of sp³-hybridized carbons (Fsp3) is 0.538. The van der Waals surface area contributed by atoms with Crippen LogP contribution in [0.25, 0.3) is 0 Å². The molecular formula is C13H21N3. The van der Waals surface area contributed by atoms with Gasteiger partial charge in [-0.25, -0.2) is 0 Å². The van der Waals surface area contributed by atoms with Gasteiger partial charge in [-0.15, -0.1) is 0 Å². The van der Waals surface area contributed by atoms with E-state index >= 15 is 0 Å². The quantitative estimate of drug-likeness (QED) is 0.770. The van der Waals surface area contributed by atoms with Gasteiger partial charge >= 0.3 is 0 Å². The van der Waals surface area contributed by atoms with E-state index in [9.17, 15) is 0 Å². The van der Waals surface area contributed by atoms with E-state index in [0.29, 0.717) is 6.04 Å². The maximum absolute atomic E-state index is 5.49. The second-order valence-electron chi connectivity index (χ2n) is 4.45. The monoisotopic (exact) mass is 219 g/mol. The highest BCUT2D eigenvalue weighted by atomic mass is 15.2. The first-order valence-corrected chi connectivity index (χ1v) is 6.08. The molecule has 1 aromatic rings. The van der Waals surface area contributed by atoms with E-state index in [1.807, 2.05) is 0 Å². The molecule has 0 bridgehead atoms. The topological polar surface area (TPSA) is 41.3 Å². The normalized spacial score (nSPS) is 21.4. The standard InChI is InChI=1S/C13H21N3/c14-7-8-15-13-6-9-16(11-13)10-12-4-2-1-3-5-12/h1-5,13,15H,6-11,14H2. The largest absolute Gasteiger partial charge is 0.329 e. The summed E-state index contributed by atoms with van der Waals surface area (Å²) in [7, 11) is 0. The first-order valence-electron chi connectivity index (χ1n) is 6.08. The van der Waals surface area contributed by atoms with Crippen LogP contribution in [0.1, 0.15) is 12.0 Å². The van der Waals surface area contributed by atoms with Crippen molar-refractivity contribution in [3.05, 3.63) is 35.9 Å². The molecule has 1 aliphatic rings. The third-order valence-corrected chi connectivity index (χ3v) is 3.10. The van der Waals surface area contributed by atoms with Crippen molar-refractivity contribution in [2.24, 2.45) is 5.73 Å². The summed E-state index contributed by atoms with van der Waals surface area (Å²) in [5.74, 6) is 0. The molecule has 1 fully saturated rings. The Labute approximate surface area is 97.6 Å². The predicted octanol–water partition coefficient (Wildman–Crippen LogP) is 0.809. The van der Waals surface area contributed by atoms with E-state index in [1.54, 1.807) is 0 Å². The number of nitrogens with zero attached hydrogens (tertiary/aromatic N) is 1. The van der Waals surface area contributed by atoms with Gasteiger partial charge in [0.25, 0.3) is 0 Å². The molecule has 0 saturated carbocycles. The van der Waals surface area contributed by atoms with E-state index in [0.717, 1.165) is 26.2 Å². The van der Waals surface area contributed by atoms with Crippen LogP contribution < -0.4 is 11.1 Å². The summed E-state index contributed by atoms with van der Waals surface area (Å²) in [5, 5.41) is 3.48. The van der Waals surface area contributed by atoms with Gasteiger partial charge in [-0.2, -0.15) is 0 Å². The maximum atomic E-state index is 5.49. The molecule has 1 atom stereocenters. The molecule has 0 spiro atoms. The van der Waals surface area contributed by atoms with Crippen LogP contribution in [0.3, 0.4) is 0 Å². The molecule has 1 unspecified atom stereocenters. The van der Waals surface area contributed by atoms with Gasteiger partial charge in [0, 0.05) is 38.8 Å². The van der Waals surface area contributed by atoms with Gasteiger partial charge in [0.15, 0.2) is 0 Å². The van der Waals surface area contributed by atoms with Crippen molar-refractivity contribution in [2.75, 3.05) is 26.2 Å². The second kappa shape index (κ2) is 5.99. The van der Waals surface area contributed by atoms with Crippen LogP contribution in [0.2, 0.25) is 0 Å². The third-order valence-electron chi connectivity index (χ3n) is 3.10. The minimum atomic E-state index is 0.632. The fourth-order valence-electron chi connectivity index (χ4n) is 2.27. The number of rotatable bonds is 5. The molecular weight excluding hydrogens is 198 g/mol. The van der Waals surface area contributed by atoms with Gasteiger partial charge < -0.3 is 11.1 Å². The second-order valence-corrected chi connectivity index (χ2v) is 4.45. The Bertz CT molecular complexity index is 299. The van der Waals surface area contributed by atoms with Crippen molar-refractivity contribution in [3.63, 3.8) is 0 Å². The molecule has 88 valence electrons. The molecule has 0 aliphatic carbocycles. The van der Waals surface area contributed by atoms with E-state index in [4.69, 9.17) is 5.73 Å². The summed E-state index contributed by atoms with van der Waals surface area (Å²) in [4.78, 5) is 2.50. The Hall–Kier alpha value is -0.900. The Balaban J connectivity index is 1.76. The van der Waals surface area contributed by atoms with Crippen LogP contribution >= 0.6 is 0 Å². The molecule has 1 saturated heterocycles. The van der Waals surface area contributed by atoms with Gasteiger partial charge in [0.1, 0.15) is 0 Å². The number of nitrogens with one attached hydrogen (secondary N) is 1. The number of hydrogen-bond donors (Lipinski definition) is 2. The summed E-state index contributed by atoms with van der Waals surface area (Å²) >= 11 is 0. The van der Waals surface area contributed by atoms with Crippen LogP contribution in [0.15, 0.2) is 30.3 Å². The van der Waals surface area contributed by atoms with Gasteiger partial charge in [-0.05, 0) is 12.0 Å². The van der Waals surface area contributed by atoms with Gasteiger partial charge in [0.2, 0.25) is 0 Å². The summed E-state index contributed by atoms with van der Waals surface area (Å²) in [5.41, 5.74) is 6.89. The molecule has 2 rings (SSSR count).